The van der Waals surface area contributed by atoms with Crippen LogP contribution in [0.4, 0.5) is 0 Å². The van der Waals surface area contributed by atoms with Gasteiger partial charge in [0.1, 0.15) is 5.54 Å². The molecule has 2 aromatic carbocycles. The Labute approximate surface area is 124 Å². The van der Waals surface area contributed by atoms with Crippen molar-refractivity contribution in [1.82, 2.24) is 0 Å². The first-order chi connectivity index (χ1) is 10.0. The molecule has 2 aromatic rings. The fourth-order valence-corrected chi connectivity index (χ4v) is 2.87. The molecule has 0 fully saturated rings. The summed E-state index contributed by atoms with van der Waals surface area (Å²) in [7, 11) is 0. The molecule has 21 heavy (non-hydrogen) atoms. The van der Waals surface area contributed by atoms with Gasteiger partial charge in [-0.25, -0.2) is 4.79 Å². The van der Waals surface area contributed by atoms with Crippen LogP contribution in [0.15, 0.2) is 42.5 Å². The molecule has 3 nitrogen and oxygen atoms in total. The summed E-state index contributed by atoms with van der Waals surface area (Å²) in [5.74, 6) is -0.388. The molecular weight excluding hydrogens is 262 g/mol. The van der Waals surface area contributed by atoms with Gasteiger partial charge < -0.3 is 10.5 Å². The summed E-state index contributed by atoms with van der Waals surface area (Å²) in [5.41, 5.74) is 10.9. The summed E-state index contributed by atoms with van der Waals surface area (Å²) in [5, 5.41) is 0. The first-order valence-electron chi connectivity index (χ1n) is 7.22. The Kier molecular flexibility index (Phi) is 3.30. The van der Waals surface area contributed by atoms with E-state index in [1.165, 1.54) is 22.3 Å². The predicted octanol–water partition coefficient (Wildman–Crippen LogP) is 2.99. The van der Waals surface area contributed by atoms with Crippen LogP contribution in [-0.4, -0.2) is 12.6 Å². The van der Waals surface area contributed by atoms with Gasteiger partial charge in [-0.05, 0) is 48.1 Å². The summed E-state index contributed by atoms with van der Waals surface area (Å²) in [4.78, 5) is 12.0. The van der Waals surface area contributed by atoms with E-state index in [9.17, 15) is 4.79 Å². The Morgan fingerprint density at radius 1 is 1.19 bits per heavy atom. The van der Waals surface area contributed by atoms with Crippen molar-refractivity contribution in [2.24, 2.45) is 5.73 Å². The Morgan fingerprint density at radius 2 is 1.90 bits per heavy atom. The van der Waals surface area contributed by atoms with Gasteiger partial charge in [0.25, 0.3) is 0 Å². The summed E-state index contributed by atoms with van der Waals surface area (Å²) in [6.45, 7) is 3.82. The van der Waals surface area contributed by atoms with Crippen molar-refractivity contribution in [2.45, 2.75) is 25.8 Å². The van der Waals surface area contributed by atoms with Crippen LogP contribution >= 0.6 is 0 Å². The van der Waals surface area contributed by atoms with Gasteiger partial charge in [0.2, 0.25) is 0 Å². The van der Waals surface area contributed by atoms with Crippen LogP contribution in [0.2, 0.25) is 0 Å². The normalized spacial score (nSPS) is 15.0. The van der Waals surface area contributed by atoms with E-state index >= 15 is 0 Å². The number of ether oxygens (including phenoxy) is 1. The number of hydrogen-bond acceptors (Lipinski definition) is 3. The van der Waals surface area contributed by atoms with Gasteiger partial charge in [-0.2, -0.15) is 0 Å². The van der Waals surface area contributed by atoms with Gasteiger partial charge in [0, 0.05) is 0 Å². The van der Waals surface area contributed by atoms with Crippen molar-refractivity contribution in [1.29, 1.82) is 0 Å². The van der Waals surface area contributed by atoms with Gasteiger partial charge in [-0.1, -0.05) is 42.5 Å². The molecule has 0 radical (unpaired) electrons. The van der Waals surface area contributed by atoms with Gasteiger partial charge in [0.05, 0.1) is 6.61 Å². The number of rotatable bonds is 3. The number of nitrogens with two attached hydrogens (primary N) is 1. The van der Waals surface area contributed by atoms with Crippen LogP contribution in [0.25, 0.3) is 11.1 Å². The lowest BCUT2D eigenvalue weighted by Gasteiger charge is -2.23. The standard InChI is InChI=1S/C18H19NO2/c1-3-21-17(20)18(2,19)14-8-9-16-13(11-14)10-12-6-4-5-7-15(12)16/h4-9,11H,3,10,19H2,1-2H3. The quantitative estimate of drug-likeness (QED) is 0.751. The van der Waals surface area contributed by atoms with E-state index in [0.717, 1.165) is 12.0 Å². The van der Waals surface area contributed by atoms with Gasteiger partial charge in [-0.15, -0.1) is 0 Å². The van der Waals surface area contributed by atoms with E-state index < -0.39 is 5.54 Å². The van der Waals surface area contributed by atoms with Gasteiger partial charge >= 0.3 is 5.97 Å². The Balaban J connectivity index is 1.99. The Hall–Kier alpha value is -2.13. The number of esters is 1. The molecule has 0 amide bonds. The molecule has 1 atom stereocenters. The molecule has 1 aliphatic rings. The molecule has 1 unspecified atom stereocenters. The number of benzene rings is 2. The minimum atomic E-state index is -1.11. The zero-order chi connectivity index (χ0) is 15.0. The minimum Gasteiger partial charge on any atom is -0.464 e. The lowest BCUT2D eigenvalue weighted by molar-refractivity contribution is -0.149. The highest BCUT2D eigenvalue weighted by Gasteiger charge is 2.33. The predicted molar refractivity (Wildman–Crippen MR) is 82.9 cm³/mol. The number of carbonyl (C=O) groups is 1. The molecule has 1 aliphatic carbocycles. The fraction of sp³-hybridized carbons (Fsp3) is 0.278. The molecule has 0 saturated heterocycles. The average Bonchev–Trinajstić information content (AvgIpc) is 2.85. The minimum absolute atomic E-state index is 0.335. The molecule has 3 heteroatoms. The van der Waals surface area contributed by atoms with E-state index in [0.29, 0.717) is 6.61 Å². The molecule has 0 saturated carbocycles. The average molecular weight is 281 g/mol. The number of carbonyl (C=O) groups excluding carboxylic acids is 1. The second-order valence-corrected chi connectivity index (χ2v) is 5.63. The SMILES string of the molecule is CCOC(=O)C(C)(N)c1ccc2c(c1)Cc1ccccc1-2. The molecule has 2 N–H and O–H groups in total. The van der Waals surface area contributed by atoms with Crippen molar-refractivity contribution < 1.29 is 9.53 Å². The summed E-state index contributed by atoms with van der Waals surface area (Å²) in [6.07, 6.45) is 0.887. The molecular formula is C18H19NO2. The van der Waals surface area contributed by atoms with Crippen LogP contribution in [0.3, 0.4) is 0 Å². The fourth-order valence-electron chi connectivity index (χ4n) is 2.87. The van der Waals surface area contributed by atoms with Crippen molar-refractivity contribution >= 4 is 5.97 Å². The van der Waals surface area contributed by atoms with Crippen LogP contribution in [0.1, 0.15) is 30.5 Å². The molecule has 108 valence electrons. The number of hydrogen-bond donors (Lipinski definition) is 1. The maximum atomic E-state index is 12.0. The second kappa shape index (κ2) is 5.01. The third kappa shape index (κ3) is 2.24. The lowest BCUT2D eigenvalue weighted by Crippen LogP contribution is -2.43. The maximum Gasteiger partial charge on any atom is 0.330 e. The zero-order valence-electron chi connectivity index (χ0n) is 12.3. The van der Waals surface area contributed by atoms with E-state index in [-0.39, 0.29) is 5.97 Å². The molecule has 0 heterocycles. The van der Waals surface area contributed by atoms with Gasteiger partial charge in [0.15, 0.2) is 0 Å². The van der Waals surface area contributed by atoms with Crippen LogP contribution in [-0.2, 0) is 21.5 Å². The van der Waals surface area contributed by atoms with Crippen molar-refractivity contribution in [3.05, 3.63) is 59.2 Å². The van der Waals surface area contributed by atoms with Gasteiger partial charge in [-0.3, -0.25) is 0 Å². The molecule has 0 aliphatic heterocycles. The van der Waals surface area contributed by atoms with Crippen molar-refractivity contribution in [2.75, 3.05) is 6.61 Å². The smallest absolute Gasteiger partial charge is 0.330 e. The van der Waals surface area contributed by atoms with Crippen LogP contribution < -0.4 is 5.73 Å². The van der Waals surface area contributed by atoms with Crippen molar-refractivity contribution in [3.8, 4) is 11.1 Å². The Morgan fingerprint density at radius 3 is 2.67 bits per heavy atom. The van der Waals surface area contributed by atoms with E-state index in [1.807, 2.05) is 18.2 Å². The monoisotopic (exact) mass is 281 g/mol. The van der Waals surface area contributed by atoms with E-state index in [4.69, 9.17) is 10.5 Å². The highest BCUT2D eigenvalue weighted by molar-refractivity contribution is 5.83. The highest BCUT2D eigenvalue weighted by Crippen LogP contribution is 2.38. The number of fused-ring (bicyclic) bond motifs is 3. The summed E-state index contributed by atoms with van der Waals surface area (Å²) in [6, 6.07) is 14.4. The third-order valence-corrected chi connectivity index (χ3v) is 4.09. The van der Waals surface area contributed by atoms with Crippen LogP contribution in [0.5, 0.6) is 0 Å². The lowest BCUT2D eigenvalue weighted by atomic mass is 9.90. The largest absolute Gasteiger partial charge is 0.464 e. The molecule has 0 aromatic heterocycles. The van der Waals surface area contributed by atoms with E-state index in [1.54, 1.807) is 13.8 Å². The summed E-state index contributed by atoms with van der Waals surface area (Å²) < 4.78 is 5.08. The topological polar surface area (TPSA) is 52.3 Å². The molecule has 0 bridgehead atoms. The van der Waals surface area contributed by atoms with Crippen molar-refractivity contribution in [3.63, 3.8) is 0 Å². The molecule has 0 spiro atoms. The molecule has 3 rings (SSSR count). The Bertz CT molecular complexity index is 704. The third-order valence-electron chi connectivity index (χ3n) is 4.09. The summed E-state index contributed by atoms with van der Waals surface area (Å²) >= 11 is 0. The maximum absolute atomic E-state index is 12.0. The first kappa shape index (κ1) is 13.8. The zero-order valence-corrected chi connectivity index (χ0v) is 12.3. The second-order valence-electron chi connectivity index (χ2n) is 5.63. The van der Waals surface area contributed by atoms with Crippen LogP contribution in [0, 0.1) is 0 Å². The highest BCUT2D eigenvalue weighted by atomic mass is 16.5. The van der Waals surface area contributed by atoms with E-state index in [2.05, 4.69) is 24.3 Å². The first-order valence-corrected chi connectivity index (χ1v) is 7.22.